The third-order valence-electron chi connectivity index (χ3n) is 3.00. The van der Waals surface area contributed by atoms with Gasteiger partial charge in [-0.25, -0.2) is 0 Å². The molecule has 0 saturated carbocycles. The summed E-state index contributed by atoms with van der Waals surface area (Å²) >= 11 is 6.25. The molecular formula is C12H16ClNO2. The lowest BCUT2D eigenvalue weighted by molar-refractivity contribution is 0.354. The third-order valence-corrected chi connectivity index (χ3v) is 3.33. The van der Waals surface area contributed by atoms with E-state index >= 15 is 0 Å². The van der Waals surface area contributed by atoms with Gasteiger partial charge >= 0.3 is 0 Å². The number of hydrogen-bond acceptors (Lipinski definition) is 3. The van der Waals surface area contributed by atoms with Crippen molar-refractivity contribution in [2.24, 2.45) is 0 Å². The van der Waals surface area contributed by atoms with Crippen LogP contribution in [0.25, 0.3) is 0 Å². The quantitative estimate of drug-likeness (QED) is 0.882. The van der Waals surface area contributed by atoms with E-state index in [9.17, 15) is 0 Å². The van der Waals surface area contributed by atoms with Gasteiger partial charge in [0, 0.05) is 17.6 Å². The predicted molar refractivity (Wildman–Crippen MR) is 64.8 cm³/mol. The Kier molecular flexibility index (Phi) is 3.56. The highest BCUT2D eigenvalue weighted by Gasteiger charge is 2.21. The summed E-state index contributed by atoms with van der Waals surface area (Å²) in [6.07, 6.45) is 1.12. The van der Waals surface area contributed by atoms with E-state index in [1.807, 2.05) is 12.1 Å². The van der Waals surface area contributed by atoms with Crippen molar-refractivity contribution in [1.29, 1.82) is 0 Å². The van der Waals surface area contributed by atoms with Crippen LogP contribution >= 0.6 is 11.6 Å². The molecule has 0 aliphatic carbocycles. The Morgan fingerprint density at radius 1 is 1.25 bits per heavy atom. The largest absolute Gasteiger partial charge is 0.493 e. The van der Waals surface area contributed by atoms with E-state index < -0.39 is 0 Å². The Balaban J connectivity index is 2.37. The van der Waals surface area contributed by atoms with Crippen LogP contribution in [0.1, 0.15) is 17.9 Å². The smallest absolute Gasteiger partial charge is 0.162 e. The molecule has 4 heteroatoms. The van der Waals surface area contributed by atoms with Crippen LogP contribution in [0.4, 0.5) is 0 Å². The Morgan fingerprint density at radius 3 is 2.50 bits per heavy atom. The number of nitrogens with one attached hydrogen (secondary N) is 1. The second-order valence-electron chi connectivity index (χ2n) is 3.92. The molecule has 1 aliphatic rings. The molecule has 1 aromatic carbocycles. The van der Waals surface area contributed by atoms with Crippen LogP contribution < -0.4 is 14.8 Å². The third kappa shape index (κ3) is 2.11. The Hall–Kier alpha value is -0.930. The fourth-order valence-electron chi connectivity index (χ4n) is 2.10. The molecule has 1 aromatic rings. The van der Waals surface area contributed by atoms with Gasteiger partial charge in [-0.05, 0) is 30.5 Å². The van der Waals surface area contributed by atoms with Crippen LogP contribution in [0.3, 0.4) is 0 Å². The fraction of sp³-hybridized carbons (Fsp3) is 0.500. The second-order valence-corrected chi connectivity index (χ2v) is 4.33. The van der Waals surface area contributed by atoms with Crippen molar-refractivity contribution >= 4 is 11.6 Å². The van der Waals surface area contributed by atoms with E-state index in [1.54, 1.807) is 14.2 Å². The molecule has 3 nitrogen and oxygen atoms in total. The normalized spacial score (nSPS) is 19.8. The molecule has 0 bridgehead atoms. The molecule has 1 unspecified atom stereocenters. The topological polar surface area (TPSA) is 30.5 Å². The average molecular weight is 242 g/mol. The van der Waals surface area contributed by atoms with E-state index in [0.717, 1.165) is 35.8 Å². The standard InChI is InChI=1S/C12H16ClNO2/c1-15-11-5-9(8-3-4-14-7-8)10(13)6-12(11)16-2/h5-6,8,14H,3-4,7H2,1-2H3. The molecule has 16 heavy (non-hydrogen) atoms. The second kappa shape index (κ2) is 4.93. The summed E-state index contributed by atoms with van der Waals surface area (Å²) in [5, 5.41) is 4.09. The van der Waals surface area contributed by atoms with Gasteiger partial charge in [-0.1, -0.05) is 11.6 Å². The number of methoxy groups -OCH3 is 2. The van der Waals surface area contributed by atoms with Crippen molar-refractivity contribution in [3.8, 4) is 11.5 Å². The van der Waals surface area contributed by atoms with E-state index in [1.165, 1.54) is 0 Å². The first kappa shape index (κ1) is 11.6. The minimum absolute atomic E-state index is 0.479. The summed E-state index contributed by atoms with van der Waals surface area (Å²) < 4.78 is 10.5. The lowest BCUT2D eigenvalue weighted by atomic mass is 9.98. The molecule has 88 valence electrons. The summed E-state index contributed by atoms with van der Waals surface area (Å²) in [6, 6.07) is 3.81. The SMILES string of the molecule is COc1cc(Cl)c(C2CCNC2)cc1OC. The van der Waals surface area contributed by atoms with E-state index in [4.69, 9.17) is 21.1 Å². The van der Waals surface area contributed by atoms with Crippen LogP contribution in [0.2, 0.25) is 5.02 Å². The molecule has 1 atom stereocenters. The first-order valence-corrected chi connectivity index (χ1v) is 5.76. The molecule has 0 radical (unpaired) electrons. The van der Waals surface area contributed by atoms with Gasteiger partial charge in [-0.3, -0.25) is 0 Å². The van der Waals surface area contributed by atoms with Gasteiger partial charge in [-0.15, -0.1) is 0 Å². The highest BCUT2D eigenvalue weighted by molar-refractivity contribution is 6.31. The zero-order chi connectivity index (χ0) is 11.5. The lowest BCUT2D eigenvalue weighted by Gasteiger charge is -2.15. The predicted octanol–water partition coefficient (Wildman–Crippen LogP) is 2.43. The molecule has 1 fully saturated rings. The highest BCUT2D eigenvalue weighted by atomic mass is 35.5. The van der Waals surface area contributed by atoms with Gasteiger partial charge in [-0.2, -0.15) is 0 Å². The lowest BCUT2D eigenvalue weighted by Crippen LogP contribution is -2.08. The van der Waals surface area contributed by atoms with Crippen LogP contribution in [-0.2, 0) is 0 Å². The van der Waals surface area contributed by atoms with E-state index in [0.29, 0.717) is 11.7 Å². The van der Waals surface area contributed by atoms with Crippen molar-refractivity contribution in [2.45, 2.75) is 12.3 Å². The van der Waals surface area contributed by atoms with Crippen molar-refractivity contribution in [2.75, 3.05) is 27.3 Å². The Labute approximate surface area is 101 Å². The maximum atomic E-state index is 6.25. The number of benzene rings is 1. The minimum atomic E-state index is 0.479. The number of halogens is 1. The summed E-state index contributed by atoms with van der Waals surface area (Å²) in [4.78, 5) is 0. The summed E-state index contributed by atoms with van der Waals surface area (Å²) in [5.74, 6) is 1.91. The minimum Gasteiger partial charge on any atom is -0.493 e. The first-order chi connectivity index (χ1) is 7.76. The van der Waals surface area contributed by atoms with E-state index in [-0.39, 0.29) is 0 Å². The maximum Gasteiger partial charge on any atom is 0.162 e. The number of hydrogen-bond donors (Lipinski definition) is 1. The molecule has 2 rings (SSSR count). The monoisotopic (exact) mass is 241 g/mol. The maximum absolute atomic E-state index is 6.25. The summed E-state index contributed by atoms with van der Waals surface area (Å²) in [6.45, 7) is 2.03. The van der Waals surface area contributed by atoms with Gasteiger partial charge in [0.2, 0.25) is 0 Å². The Morgan fingerprint density at radius 2 is 1.94 bits per heavy atom. The highest BCUT2D eigenvalue weighted by Crippen LogP contribution is 2.37. The zero-order valence-electron chi connectivity index (χ0n) is 9.55. The molecule has 0 amide bonds. The van der Waals surface area contributed by atoms with Crippen LogP contribution in [0, 0.1) is 0 Å². The molecule has 0 spiro atoms. The van der Waals surface area contributed by atoms with Crippen molar-refractivity contribution < 1.29 is 9.47 Å². The van der Waals surface area contributed by atoms with Gasteiger partial charge in [0.05, 0.1) is 14.2 Å². The van der Waals surface area contributed by atoms with Gasteiger partial charge in [0.15, 0.2) is 11.5 Å². The number of rotatable bonds is 3. The van der Waals surface area contributed by atoms with Crippen LogP contribution in [0.15, 0.2) is 12.1 Å². The van der Waals surface area contributed by atoms with Crippen molar-refractivity contribution in [3.05, 3.63) is 22.7 Å². The Bertz CT molecular complexity index is 376. The first-order valence-electron chi connectivity index (χ1n) is 5.38. The molecule has 1 aliphatic heterocycles. The van der Waals surface area contributed by atoms with Gasteiger partial charge in [0.1, 0.15) is 0 Å². The van der Waals surface area contributed by atoms with Crippen LogP contribution in [-0.4, -0.2) is 27.3 Å². The van der Waals surface area contributed by atoms with Crippen molar-refractivity contribution in [1.82, 2.24) is 5.32 Å². The van der Waals surface area contributed by atoms with Crippen LogP contribution in [0.5, 0.6) is 11.5 Å². The fourth-order valence-corrected chi connectivity index (χ4v) is 2.41. The van der Waals surface area contributed by atoms with Gasteiger partial charge in [0.25, 0.3) is 0 Å². The molecule has 1 saturated heterocycles. The zero-order valence-corrected chi connectivity index (χ0v) is 10.3. The summed E-state index contributed by atoms with van der Waals surface area (Å²) in [7, 11) is 3.26. The molecule has 1 N–H and O–H groups in total. The van der Waals surface area contributed by atoms with Crippen molar-refractivity contribution in [3.63, 3.8) is 0 Å². The molecule has 1 heterocycles. The van der Waals surface area contributed by atoms with E-state index in [2.05, 4.69) is 5.32 Å². The molecule has 0 aromatic heterocycles. The average Bonchev–Trinajstić information content (AvgIpc) is 2.82. The molecular weight excluding hydrogens is 226 g/mol. The summed E-state index contributed by atoms with van der Waals surface area (Å²) in [5.41, 5.74) is 1.14. The van der Waals surface area contributed by atoms with Gasteiger partial charge < -0.3 is 14.8 Å². The number of ether oxygens (including phenoxy) is 2.